The topological polar surface area (TPSA) is 0 Å². The van der Waals surface area contributed by atoms with Crippen LogP contribution in [0.3, 0.4) is 0 Å². The maximum atomic E-state index is 3.77. The normalized spacial score (nSPS) is 34.6. The van der Waals surface area contributed by atoms with E-state index in [-0.39, 0.29) is 0 Å². The molecule has 0 N–H and O–H groups in total. The summed E-state index contributed by atoms with van der Waals surface area (Å²) in [7, 11) is 0. The summed E-state index contributed by atoms with van der Waals surface area (Å²) in [5.74, 6) is 2.68. The Bertz CT molecular complexity index is 120. The molecule has 1 rings (SSSR count). The summed E-state index contributed by atoms with van der Waals surface area (Å²) in [5, 5.41) is 0. The average Bonchev–Trinajstić information content (AvgIpc) is 2.33. The van der Waals surface area contributed by atoms with Gasteiger partial charge in [0.15, 0.2) is 0 Å². The molecule has 0 nitrogen and oxygen atoms in total. The molecule has 1 aliphatic carbocycles. The van der Waals surface area contributed by atoms with Gasteiger partial charge in [0.05, 0.1) is 0 Å². The predicted octanol–water partition coefficient (Wildman–Crippen LogP) is 3.84. The van der Waals surface area contributed by atoms with Crippen molar-refractivity contribution in [2.45, 2.75) is 44.9 Å². The lowest BCUT2D eigenvalue weighted by atomic mass is 9.84. The molecular formula is C10H19Br. The van der Waals surface area contributed by atoms with Gasteiger partial charge in [-0.1, -0.05) is 43.1 Å². The first-order valence-electron chi connectivity index (χ1n) is 4.77. The van der Waals surface area contributed by atoms with Gasteiger partial charge >= 0.3 is 0 Å². The lowest BCUT2D eigenvalue weighted by molar-refractivity contribution is 0.289. The van der Waals surface area contributed by atoms with Crippen LogP contribution in [0.2, 0.25) is 0 Å². The molecule has 1 heteroatoms. The van der Waals surface area contributed by atoms with Crippen LogP contribution in [0.15, 0.2) is 0 Å². The monoisotopic (exact) mass is 218 g/mol. The Hall–Kier alpha value is 0.480. The van der Waals surface area contributed by atoms with Crippen LogP contribution in [0.4, 0.5) is 0 Å². The highest BCUT2D eigenvalue weighted by Gasteiger charge is 2.30. The third kappa shape index (κ3) is 2.21. The highest BCUT2D eigenvalue weighted by atomic mass is 79.9. The van der Waals surface area contributed by atoms with E-state index < -0.39 is 0 Å². The molecule has 3 unspecified atom stereocenters. The molecule has 0 aromatic rings. The number of hydrogen-bond acceptors (Lipinski definition) is 0. The van der Waals surface area contributed by atoms with Crippen LogP contribution in [0.5, 0.6) is 0 Å². The van der Waals surface area contributed by atoms with Gasteiger partial charge in [-0.05, 0) is 30.6 Å². The molecule has 1 aliphatic rings. The van der Waals surface area contributed by atoms with Gasteiger partial charge in [0, 0.05) is 4.83 Å². The third-order valence-corrected chi connectivity index (χ3v) is 4.35. The van der Waals surface area contributed by atoms with Gasteiger partial charge in [0.2, 0.25) is 0 Å². The van der Waals surface area contributed by atoms with E-state index in [1.807, 2.05) is 0 Å². The van der Waals surface area contributed by atoms with Gasteiger partial charge < -0.3 is 0 Å². The van der Waals surface area contributed by atoms with Crippen LogP contribution in [0.25, 0.3) is 0 Å². The van der Waals surface area contributed by atoms with Gasteiger partial charge in [-0.2, -0.15) is 0 Å². The summed E-state index contributed by atoms with van der Waals surface area (Å²) in [6.07, 6.45) is 4.26. The van der Waals surface area contributed by atoms with Gasteiger partial charge in [-0.3, -0.25) is 0 Å². The van der Waals surface area contributed by atoms with Crippen LogP contribution >= 0.6 is 15.9 Å². The Kier molecular flexibility index (Phi) is 3.42. The van der Waals surface area contributed by atoms with Gasteiger partial charge in [0.1, 0.15) is 0 Å². The van der Waals surface area contributed by atoms with Crippen molar-refractivity contribution in [2.24, 2.45) is 17.8 Å². The predicted molar refractivity (Wildman–Crippen MR) is 54.1 cm³/mol. The van der Waals surface area contributed by atoms with Gasteiger partial charge in [-0.25, -0.2) is 0 Å². The Balaban J connectivity index is 2.45. The Labute approximate surface area is 78.9 Å². The maximum absolute atomic E-state index is 3.77. The summed E-state index contributed by atoms with van der Waals surface area (Å²) in [6, 6.07) is 0. The van der Waals surface area contributed by atoms with Crippen molar-refractivity contribution < 1.29 is 0 Å². The summed E-state index contributed by atoms with van der Waals surface area (Å²) in [5.41, 5.74) is 0. The molecule has 1 saturated carbocycles. The van der Waals surface area contributed by atoms with Crippen LogP contribution in [0.1, 0.15) is 40.0 Å². The maximum Gasteiger partial charge on any atom is 0.0176 e. The van der Waals surface area contributed by atoms with E-state index in [0.717, 1.165) is 22.6 Å². The number of hydrogen-bond donors (Lipinski definition) is 0. The number of alkyl halides is 1. The molecule has 0 aliphatic heterocycles. The zero-order valence-corrected chi connectivity index (χ0v) is 9.39. The van der Waals surface area contributed by atoms with E-state index in [1.54, 1.807) is 0 Å². The molecule has 0 radical (unpaired) electrons. The molecule has 0 bridgehead atoms. The standard InChI is InChI=1S/C10H19Br/c1-7(2)8(3)9-5-4-6-10(9)11/h7-10H,4-6H2,1-3H3. The molecule has 0 aromatic heterocycles. The fraction of sp³-hybridized carbons (Fsp3) is 1.00. The Morgan fingerprint density at radius 3 is 2.18 bits per heavy atom. The van der Waals surface area contributed by atoms with E-state index in [2.05, 4.69) is 36.7 Å². The summed E-state index contributed by atoms with van der Waals surface area (Å²) in [4.78, 5) is 0.805. The van der Waals surface area contributed by atoms with Crippen molar-refractivity contribution in [3.8, 4) is 0 Å². The van der Waals surface area contributed by atoms with Crippen molar-refractivity contribution in [1.82, 2.24) is 0 Å². The smallest absolute Gasteiger partial charge is 0.0176 e. The molecular weight excluding hydrogens is 200 g/mol. The highest BCUT2D eigenvalue weighted by molar-refractivity contribution is 9.09. The number of rotatable bonds is 2. The van der Waals surface area contributed by atoms with Crippen molar-refractivity contribution in [3.05, 3.63) is 0 Å². The Morgan fingerprint density at radius 2 is 1.82 bits per heavy atom. The molecule has 0 amide bonds. The average molecular weight is 219 g/mol. The van der Waals surface area contributed by atoms with E-state index in [4.69, 9.17) is 0 Å². The van der Waals surface area contributed by atoms with Gasteiger partial charge in [-0.15, -0.1) is 0 Å². The lowest BCUT2D eigenvalue weighted by Gasteiger charge is -2.25. The van der Waals surface area contributed by atoms with Crippen LogP contribution in [0, 0.1) is 17.8 Å². The minimum absolute atomic E-state index is 0.805. The first-order chi connectivity index (χ1) is 5.13. The van der Waals surface area contributed by atoms with Crippen molar-refractivity contribution >= 4 is 15.9 Å². The first kappa shape index (κ1) is 9.57. The fourth-order valence-electron chi connectivity index (χ4n) is 2.03. The fourth-order valence-corrected chi connectivity index (χ4v) is 3.10. The molecule has 0 heterocycles. The van der Waals surface area contributed by atoms with E-state index in [0.29, 0.717) is 0 Å². The van der Waals surface area contributed by atoms with Crippen LogP contribution in [-0.2, 0) is 0 Å². The molecule has 11 heavy (non-hydrogen) atoms. The van der Waals surface area contributed by atoms with Crippen molar-refractivity contribution in [3.63, 3.8) is 0 Å². The molecule has 0 saturated heterocycles. The molecule has 3 atom stereocenters. The minimum atomic E-state index is 0.805. The summed E-state index contributed by atoms with van der Waals surface area (Å²) in [6.45, 7) is 7.07. The second-order valence-electron chi connectivity index (χ2n) is 4.21. The largest absolute Gasteiger partial charge is 0.0888 e. The van der Waals surface area contributed by atoms with Crippen LogP contribution in [-0.4, -0.2) is 4.83 Å². The minimum Gasteiger partial charge on any atom is -0.0888 e. The summed E-state index contributed by atoms with van der Waals surface area (Å²) >= 11 is 3.77. The molecule has 0 spiro atoms. The van der Waals surface area contributed by atoms with E-state index >= 15 is 0 Å². The van der Waals surface area contributed by atoms with Crippen molar-refractivity contribution in [1.29, 1.82) is 0 Å². The number of halogens is 1. The summed E-state index contributed by atoms with van der Waals surface area (Å²) < 4.78 is 0. The third-order valence-electron chi connectivity index (χ3n) is 3.21. The lowest BCUT2D eigenvalue weighted by Crippen LogP contribution is -2.20. The highest BCUT2D eigenvalue weighted by Crippen LogP contribution is 2.39. The zero-order valence-electron chi connectivity index (χ0n) is 7.81. The molecule has 66 valence electrons. The quantitative estimate of drug-likeness (QED) is 0.619. The van der Waals surface area contributed by atoms with E-state index in [1.165, 1.54) is 19.3 Å². The first-order valence-corrected chi connectivity index (χ1v) is 5.68. The van der Waals surface area contributed by atoms with E-state index in [9.17, 15) is 0 Å². The Morgan fingerprint density at radius 1 is 1.18 bits per heavy atom. The van der Waals surface area contributed by atoms with Crippen LogP contribution < -0.4 is 0 Å². The second kappa shape index (κ2) is 3.93. The SMILES string of the molecule is CC(C)C(C)C1CCCC1Br. The zero-order chi connectivity index (χ0) is 8.43. The van der Waals surface area contributed by atoms with Gasteiger partial charge in [0.25, 0.3) is 0 Å². The second-order valence-corrected chi connectivity index (χ2v) is 5.39. The molecule has 0 aromatic carbocycles. The van der Waals surface area contributed by atoms with Crippen molar-refractivity contribution in [2.75, 3.05) is 0 Å². The molecule has 1 fully saturated rings.